The number of aliphatic imine (C=N–C) groups is 4. The molecule has 1 saturated heterocycles. The average molecular weight is 1090 g/mol. The Balaban J connectivity index is 0.000000261. The molecular formula is C70H93BrN4O. The lowest BCUT2D eigenvalue weighted by Crippen LogP contribution is -2.14. The molecular weight excluding hydrogens is 993 g/mol. The van der Waals surface area contributed by atoms with Crippen LogP contribution in [-0.2, 0) is 17.6 Å². The Morgan fingerprint density at radius 2 is 0.711 bits per heavy atom. The summed E-state index contributed by atoms with van der Waals surface area (Å²) < 4.78 is 4.94. The van der Waals surface area contributed by atoms with Crippen molar-refractivity contribution in [3.05, 3.63) is 186 Å². The maximum Gasteiger partial charge on any atom is 0.0692 e. The fourth-order valence-electron chi connectivity index (χ4n) is 9.97. The van der Waals surface area contributed by atoms with Gasteiger partial charge in [-0.3, -0.25) is 20.0 Å². The van der Waals surface area contributed by atoms with E-state index in [0.29, 0.717) is 0 Å². The van der Waals surface area contributed by atoms with Crippen LogP contribution in [0.3, 0.4) is 0 Å². The van der Waals surface area contributed by atoms with Crippen LogP contribution in [0.4, 0.5) is 22.7 Å². The van der Waals surface area contributed by atoms with Crippen molar-refractivity contribution in [2.75, 3.05) is 18.5 Å². The Labute approximate surface area is 470 Å². The molecule has 0 spiro atoms. The lowest BCUT2D eigenvalue weighted by molar-refractivity contribution is 0.198. The summed E-state index contributed by atoms with van der Waals surface area (Å²) in [7, 11) is 0. The first kappa shape index (κ1) is 63.0. The van der Waals surface area contributed by atoms with Gasteiger partial charge in [0.2, 0.25) is 0 Å². The first-order valence-electron chi connectivity index (χ1n) is 28.1. The number of benzene rings is 6. The number of nitrogens with zero attached hydrogens (tertiary/aromatic N) is 4. The average Bonchev–Trinajstić information content (AvgIpc) is 3.96. The molecule has 1 aliphatic rings. The molecule has 0 aliphatic carbocycles. The predicted molar refractivity (Wildman–Crippen MR) is 339 cm³/mol. The smallest absolute Gasteiger partial charge is 0.0692 e. The first-order valence-corrected chi connectivity index (χ1v) is 29.2. The molecule has 1 heterocycles. The van der Waals surface area contributed by atoms with Crippen LogP contribution in [0.5, 0.6) is 0 Å². The lowest BCUT2D eigenvalue weighted by atomic mass is 10.00. The summed E-state index contributed by atoms with van der Waals surface area (Å²) in [5.74, 6) is 0. The number of unbranched alkanes of at least 4 members (excludes halogenated alkanes) is 1. The Hall–Kier alpha value is -5.56. The molecule has 0 amide bonds. The summed E-state index contributed by atoms with van der Waals surface area (Å²) in [5.41, 5.74) is 29.1. The normalized spacial score (nSPS) is 12.9. The van der Waals surface area contributed by atoms with Gasteiger partial charge in [-0.15, -0.1) is 0 Å². The fraction of sp³-hybridized carbons (Fsp3) is 0.429. The lowest BCUT2D eigenvalue weighted by Gasteiger charge is -2.14. The summed E-state index contributed by atoms with van der Waals surface area (Å²) in [6, 6.07) is 35.4. The number of alkyl halides is 1. The zero-order valence-corrected chi connectivity index (χ0v) is 51.6. The Morgan fingerprint density at radius 1 is 0.395 bits per heavy atom. The van der Waals surface area contributed by atoms with Crippen molar-refractivity contribution in [2.24, 2.45) is 20.0 Å². The van der Waals surface area contributed by atoms with Crippen LogP contribution in [0, 0.1) is 96.9 Å². The van der Waals surface area contributed by atoms with Crippen molar-refractivity contribution in [3.8, 4) is 0 Å². The van der Waals surface area contributed by atoms with E-state index in [0.717, 1.165) is 103 Å². The van der Waals surface area contributed by atoms with Gasteiger partial charge < -0.3 is 4.74 Å². The largest absolute Gasteiger partial charge is 0.381 e. The second-order valence-corrected chi connectivity index (χ2v) is 22.2. The van der Waals surface area contributed by atoms with Crippen molar-refractivity contribution in [1.82, 2.24) is 0 Å². The van der Waals surface area contributed by atoms with E-state index >= 15 is 0 Å². The molecule has 0 bridgehead atoms. The second kappa shape index (κ2) is 32.2. The van der Waals surface area contributed by atoms with Crippen molar-refractivity contribution >= 4 is 61.5 Å². The van der Waals surface area contributed by atoms with E-state index in [4.69, 9.17) is 24.7 Å². The number of hydrogen-bond acceptors (Lipinski definition) is 5. The van der Waals surface area contributed by atoms with Crippen molar-refractivity contribution in [2.45, 2.75) is 182 Å². The minimum Gasteiger partial charge on any atom is -0.381 e. The minimum atomic E-state index is 0.867. The zero-order valence-electron chi connectivity index (χ0n) is 50.0. The number of hydrogen-bond donors (Lipinski definition) is 0. The molecule has 1 aliphatic heterocycles. The second-order valence-electron chi connectivity index (χ2n) is 21.4. The van der Waals surface area contributed by atoms with Crippen LogP contribution in [0.15, 0.2) is 117 Å². The highest BCUT2D eigenvalue weighted by Crippen LogP contribution is 2.31. The van der Waals surface area contributed by atoms with Gasteiger partial charge in [0.15, 0.2) is 0 Å². The van der Waals surface area contributed by atoms with Gasteiger partial charge in [-0.05, 0) is 224 Å². The van der Waals surface area contributed by atoms with Crippen LogP contribution in [0.2, 0.25) is 0 Å². The summed E-state index contributed by atoms with van der Waals surface area (Å²) in [5, 5.41) is 1.10. The van der Waals surface area contributed by atoms with E-state index in [1.165, 1.54) is 115 Å². The minimum absolute atomic E-state index is 0.867. The molecule has 406 valence electrons. The van der Waals surface area contributed by atoms with Crippen LogP contribution >= 0.6 is 15.9 Å². The van der Waals surface area contributed by atoms with Gasteiger partial charge in [-0.1, -0.05) is 160 Å². The quantitative estimate of drug-likeness (QED) is 0.0541. The Morgan fingerprint density at radius 3 is 1.03 bits per heavy atom. The molecule has 7 rings (SSSR count). The molecule has 0 unspecified atom stereocenters. The van der Waals surface area contributed by atoms with Gasteiger partial charge in [0.25, 0.3) is 0 Å². The predicted octanol–water partition coefficient (Wildman–Crippen LogP) is 20.4. The molecule has 6 aromatic rings. The van der Waals surface area contributed by atoms with E-state index in [1.807, 2.05) is 0 Å². The third kappa shape index (κ3) is 20.8. The number of halogens is 1. The Kier molecular flexibility index (Phi) is 26.7. The maximum absolute atomic E-state index is 5.29. The molecule has 0 aromatic heterocycles. The zero-order chi connectivity index (χ0) is 55.9. The number of ether oxygens (including phenoxy) is 1. The molecule has 0 radical (unpaired) electrons. The summed E-state index contributed by atoms with van der Waals surface area (Å²) in [4.78, 5) is 20.4. The summed E-state index contributed by atoms with van der Waals surface area (Å²) >= 11 is 3.42. The molecule has 6 heteroatoms. The maximum atomic E-state index is 5.29. The van der Waals surface area contributed by atoms with E-state index in [2.05, 4.69) is 231 Å². The van der Waals surface area contributed by atoms with Crippen LogP contribution < -0.4 is 0 Å². The highest BCUT2D eigenvalue weighted by Gasteiger charge is 2.14. The van der Waals surface area contributed by atoms with Gasteiger partial charge in [0, 0.05) is 18.5 Å². The van der Waals surface area contributed by atoms with Crippen LogP contribution in [-0.4, -0.2) is 41.4 Å². The third-order valence-electron chi connectivity index (χ3n) is 13.8. The van der Waals surface area contributed by atoms with Crippen LogP contribution in [0.25, 0.3) is 0 Å². The van der Waals surface area contributed by atoms with Crippen LogP contribution in [0.1, 0.15) is 161 Å². The van der Waals surface area contributed by atoms with E-state index < -0.39 is 0 Å². The van der Waals surface area contributed by atoms with Crippen molar-refractivity contribution in [1.29, 1.82) is 0 Å². The van der Waals surface area contributed by atoms with Crippen molar-refractivity contribution < 1.29 is 4.74 Å². The van der Waals surface area contributed by atoms with E-state index in [9.17, 15) is 0 Å². The Bertz CT molecular complexity index is 2830. The monoisotopic (exact) mass is 1080 g/mol. The molecule has 0 atom stereocenters. The van der Waals surface area contributed by atoms with Gasteiger partial charge in [0.1, 0.15) is 0 Å². The highest BCUT2D eigenvalue weighted by molar-refractivity contribution is 9.09. The molecule has 76 heavy (non-hydrogen) atoms. The summed E-state index contributed by atoms with van der Waals surface area (Å²) in [6.45, 7) is 38.4. The SMILES string of the molecule is C1CCOC1.CCC(=Nc1c(C)cc(C)cc1C)C(C)=Nc1c(C)cc(C)cc1C.CCC(=Nc1c(C)cc(C)cc1C)C(CCCCc1ccc(C)cc1)=Nc1c(C)cc(C)cc1C.Cc1ccc(CCCBr)cc1. The molecule has 0 saturated carbocycles. The summed E-state index contributed by atoms with van der Waals surface area (Å²) in [6.07, 6.45) is 11.0. The first-order chi connectivity index (χ1) is 36.2. The van der Waals surface area contributed by atoms with E-state index in [-0.39, 0.29) is 0 Å². The standard InChI is InChI=1S/C33H42N2.C23H30N2.C10H13Br.C4H8O/c1-9-30(34-32-25(5)18-23(3)19-26(32)6)31(35-33-27(7)20-24(4)21-28(33)8)13-11-10-12-29-16-14-22(2)15-17-29;1-9-21(25-23-18(6)12-15(3)13-19(23)7)20(8)24-22-16(4)10-14(2)11-17(22)5;1-9-4-6-10(7-5-9)3-2-8-11;1-2-4-5-3-1/h14-21H,9-13H2,1-8H3;10-13H,9H2,1-8H3;4-7H,2-3,8H2,1H3;1-4H2. The molecule has 0 N–H and O–H groups in total. The van der Waals surface area contributed by atoms with E-state index in [1.54, 1.807) is 0 Å². The number of aryl methyl sites for hydroxylation is 16. The molecule has 1 fully saturated rings. The molecule has 6 aromatic carbocycles. The highest BCUT2D eigenvalue weighted by atomic mass is 79.9. The van der Waals surface area contributed by atoms with Gasteiger partial charge in [-0.25, -0.2) is 0 Å². The van der Waals surface area contributed by atoms with Gasteiger partial charge >= 0.3 is 0 Å². The molecule has 5 nitrogen and oxygen atoms in total. The third-order valence-corrected chi connectivity index (χ3v) is 14.3. The van der Waals surface area contributed by atoms with Gasteiger partial charge in [0.05, 0.1) is 45.6 Å². The topological polar surface area (TPSA) is 58.7 Å². The van der Waals surface area contributed by atoms with Crippen molar-refractivity contribution in [3.63, 3.8) is 0 Å². The number of rotatable bonds is 16. The fourth-order valence-corrected chi connectivity index (χ4v) is 10.3. The van der Waals surface area contributed by atoms with Gasteiger partial charge in [-0.2, -0.15) is 0 Å².